The quantitative estimate of drug-likeness (QED) is 0.688. The lowest BCUT2D eigenvalue weighted by Gasteiger charge is -2.13. The second-order valence-corrected chi connectivity index (χ2v) is 5.55. The molecule has 4 heteroatoms. The molecule has 0 aliphatic heterocycles. The van der Waals surface area contributed by atoms with Crippen LogP contribution in [0, 0.1) is 0 Å². The summed E-state index contributed by atoms with van der Waals surface area (Å²) in [6.07, 6.45) is 0. The Morgan fingerprint density at radius 2 is 1.75 bits per heavy atom. The van der Waals surface area contributed by atoms with Gasteiger partial charge in [0.2, 0.25) is 0 Å². The molecule has 20 heavy (non-hydrogen) atoms. The van der Waals surface area contributed by atoms with Crippen LogP contribution in [0.25, 0.3) is 0 Å². The van der Waals surface area contributed by atoms with Crippen LogP contribution >= 0.6 is 27.5 Å². The van der Waals surface area contributed by atoms with Crippen molar-refractivity contribution in [3.05, 3.63) is 58.1 Å². The molecule has 0 amide bonds. The molecule has 0 saturated heterocycles. The lowest BCUT2D eigenvalue weighted by Crippen LogP contribution is -1.96. The molecule has 0 aliphatic rings. The van der Waals surface area contributed by atoms with Crippen molar-refractivity contribution in [3.63, 3.8) is 0 Å². The van der Waals surface area contributed by atoms with E-state index in [0.29, 0.717) is 6.61 Å². The Morgan fingerprint density at radius 1 is 1.10 bits per heavy atom. The van der Waals surface area contributed by atoms with E-state index in [1.807, 2.05) is 49.4 Å². The van der Waals surface area contributed by atoms with Gasteiger partial charge in [-0.15, -0.1) is 11.6 Å². The number of benzene rings is 2. The van der Waals surface area contributed by atoms with Gasteiger partial charge in [-0.1, -0.05) is 18.2 Å². The minimum absolute atomic E-state index is 0.201. The second-order valence-electron chi connectivity index (χ2n) is 4.26. The van der Waals surface area contributed by atoms with Gasteiger partial charge in [-0.2, -0.15) is 0 Å². The summed E-state index contributed by atoms with van der Waals surface area (Å²) in [5, 5.41) is -0.201. The standard InChI is InChI=1S/C16H16BrClO2/c1-3-20-15-9-6-12(10-14(15)17)16(18)11-4-7-13(19-2)8-5-11/h4-10,16H,3H2,1-2H3. The summed E-state index contributed by atoms with van der Waals surface area (Å²) < 4.78 is 11.6. The summed E-state index contributed by atoms with van der Waals surface area (Å²) in [5.41, 5.74) is 2.05. The van der Waals surface area contributed by atoms with Crippen molar-refractivity contribution >= 4 is 27.5 Å². The van der Waals surface area contributed by atoms with Crippen molar-refractivity contribution < 1.29 is 9.47 Å². The van der Waals surface area contributed by atoms with Crippen molar-refractivity contribution in [2.24, 2.45) is 0 Å². The molecule has 2 rings (SSSR count). The summed E-state index contributed by atoms with van der Waals surface area (Å²) in [6.45, 7) is 2.60. The summed E-state index contributed by atoms with van der Waals surface area (Å²) in [4.78, 5) is 0. The van der Waals surface area contributed by atoms with Gasteiger partial charge >= 0.3 is 0 Å². The highest BCUT2D eigenvalue weighted by atomic mass is 79.9. The van der Waals surface area contributed by atoms with Crippen LogP contribution in [0.5, 0.6) is 11.5 Å². The molecular formula is C16H16BrClO2. The van der Waals surface area contributed by atoms with Crippen LogP contribution in [0.2, 0.25) is 0 Å². The molecule has 2 aromatic rings. The molecule has 2 aromatic carbocycles. The first kappa shape index (κ1) is 15.2. The Balaban J connectivity index is 2.23. The monoisotopic (exact) mass is 354 g/mol. The summed E-state index contributed by atoms with van der Waals surface area (Å²) >= 11 is 10.0. The topological polar surface area (TPSA) is 18.5 Å². The second kappa shape index (κ2) is 7.00. The van der Waals surface area contributed by atoms with Crippen molar-refractivity contribution in [1.82, 2.24) is 0 Å². The predicted octanol–water partition coefficient (Wildman–Crippen LogP) is 5.18. The molecule has 0 N–H and O–H groups in total. The fourth-order valence-electron chi connectivity index (χ4n) is 1.91. The molecule has 0 fully saturated rings. The van der Waals surface area contributed by atoms with Gasteiger partial charge in [0, 0.05) is 0 Å². The minimum Gasteiger partial charge on any atom is -0.497 e. The SMILES string of the molecule is CCOc1ccc(C(Cl)c2ccc(OC)cc2)cc1Br. The number of alkyl halides is 1. The fraction of sp³-hybridized carbons (Fsp3) is 0.250. The first-order valence-corrected chi connectivity index (χ1v) is 7.59. The molecule has 0 saturated carbocycles. The van der Waals surface area contributed by atoms with E-state index >= 15 is 0 Å². The van der Waals surface area contributed by atoms with Crippen molar-refractivity contribution in [2.45, 2.75) is 12.3 Å². The zero-order valence-electron chi connectivity index (χ0n) is 11.4. The van der Waals surface area contributed by atoms with Crippen LogP contribution in [-0.4, -0.2) is 13.7 Å². The molecular weight excluding hydrogens is 340 g/mol. The largest absolute Gasteiger partial charge is 0.497 e. The molecule has 106 valence electrons. The zero-order chi connectivity index (χ0) is 14.5. The highest BCUT2D eigenvalue weighted by molar-refractivity contribution is 9.10. The third kappa shape index (κ3) is 3.47. The Kier molecular flexibility index (Phi) is 5.32. The summed E-state index contributed by atoms with van der Waals surface area (Å²) in [6, 6.07) is 13.7. The predicted molar refractivity (Wildman–Crippen MR) is 86.0 cm³/mol. The van der Waals surface area contributed by atoms with E-state index in [1.54, 1.807) is 7.11 Å². The number of halogens is 2. The molecule has 2 nitrogen and oxygen atoms in total. The van der Waals surface area contributed by atoms with Gasteiger partial charge in [-0.25, -0.2) is 0 Å². The lowest BCUT2D eigenvalue weighted by atomic mass is 10.0. The van der Waals surface area contributed by atoms with Crippen LogP contribution in [0.4, 0.5) is 0 Å². The van der Waals surface area contributed by atoms with Gasteiger partial charge in [0.25, 0.3) is 0 Å². The molecule has 0 radical (unpaired) electrons. The lowest BCUT2D eigenvalue weighted by molar-refractivity contribution is 0.338. The number of methoxy groups -OCH3 is 1. The number of ether oxygens (including phenoxy) is 2. The molecule has 0 aromatic heterocycles. The normalized spacial score (nSPS) is 12.0. The van der Waals surface area contributed by atoms with Crippen molar-refractivity contribution in [3.8, 4) is 11.5 Å². The van der Waals surface area contributed by atoms with Crippen LogP contribution in [0.1, 0.15) is 23.4 Å². The van der Waals surface area contributed by atoms with E-state index in [0.717, 1.165) is 27.1 Å². The maximum Gasteiger partial charge on any atom is 0.133 e. The van der Waals surface area contributed by atoms with Gasteiger partial charge < -0.3 is 9.47 Å². The van der Waals surface area contributed by atoms with Crippen LogP contribution in [-0.2, 0) is 0 Å². The molecule has 0 bridgehead atoms. The smallest absolute Gasteiger partial charge is 0.133 e. The zero-order valence-corrected chi connectivity index (χ0v) is 13.7. The molecule has 0 heterocycles. The van der Waals surface area contributed by atoms with Crippen LogP contribution < -0.4 is 9.47 Å². The molecule has 1 unspecified atom stereocenters. The van der Waals surface area contributed by atoms with E-state index in [1.165, 1.54) is 0 Å². The van der Waals surface area contributed by atoms with E-state index in [-0.39, 0.29) is 5.38 Å². The van der Waals surface area contributed by atoms with Crippen LogP contribution in [0.15, 0.2) is 46.9 Å². The summed E-state index contributed by atoms with van der Waals surface area (Å²) in [5.74, 6) is 1.65. The third-order valence-electron chi connectivity index (χ3n) is 2.96. The summed E-state index contributed by atoms with van der Waals surface area (Å²) in [7, 11) is 1.65. The Bertz CT molecular complexity index is 569. The maximum absolute atomic E-state index is 6.53. The molecule has 0 aliphatic carbocycles. The van der Waals surface area contributed by atoms with Gasteiger partial charge in [0.1, 0.15) is 11.5 Å². The first-order valence-electron chi connectivity index (χ1n) is 6.36. The Labute approximate surface area is 132 Å². The Morgan fingerprint density at radius 3 is 2.30 bits per heavy atom. The van der Waals surface area contributed by atoms with E-state index in [2.05, 4.69) is 15.9 Å². The van der Waals surface area contributed by atoms with E-state index < -0.39 is 0 Å². The average molecular weight is 356 g/mol. The average Bonchev–Trinajstić information content (AvgIpc) is 2.49. The van der Waals surface area contributed by atoms with Crippen molar-refractivity contribution in [2.75, 3.05) is 13.7 Å². The van der Waals surface area contributed by atoms with Gasteiger partial charge in [0.15, 0.2) is 0 Å². The maximum atomic E-state index is 6.53. The van der Waals surface area contributed by atoms with E-state index in [9.17, 15) is 0 Å². The number of hydrogen-bond acceptors (Lipinski definition) is 2. The number of rotatable bonds is 5. The van der Waals surface area contributed by atoms with Gasteiger partial charge in [-0.3, -0.25) is 0 Å². The van der Waals surface area contributed by atoms with Crippen LogP contribution in [0.3, 0.4) is 0 Å². The first-order chi connectivity index (χ1) is 9.65. The Hall–Kier alpha value is -1.19. The van der Waals surface area contributed by atoms with Crippen molar-refractivity contribution in [1.29, 1.82) is 0 Å². The molecule has 1 atom stereocenters. The van der Waals surface area contributed by atoms with Gasteiger partial charge in [0.05, 0.1) is 23.6 Å². The highest BCUT2D eigenvalue weighted by Crippen LogP contribution is 2.34. The minimum atomic E-state index is -0.201. The number of hydrogen-bond donors (Lipinski definition) is 0. The third-order valence-corrected chi connectivity index (χ3v) is 4.08. The van der Waals surface area contributed by atoms with Gasteiger partial charge in [-0.05, 0) is 58.2 Å². The van der Waals surface area contributed by atoms with E-state index in [4.69, 9.17) is 21.1 Å². The highest BCUT2D eigenvalue weighted by Gasteiger charge is 2.13. The molecule has 0 spiro atoms. The fourth-order valence-corrected chi connectivity index (χ4v) is 2.70.